The van der Waals surface area contributed by atoms with Crippen molar-refractivity contribution in [2.75, 3.05) is 0 Å². The SMILES string of the molecule is c1ccc(-c2ccc3c4c5sc6c(-c7nc(-c8ccccc8)cc(-c8ccccc8)n7)cccc6c5ccc4n(-c4ccccc4)c3c2)cc1. The summed E-state index contributed by atoms with van der Waals surface area (Å²) >= 11 is 1.85. The molecule has 0 atom stereocenters. The van der Waals surface area contributed by atoms with Gasteiger partial charge in [0.2, 0.25) is 0 Å². The van der Waals surface area contributed by atoms with Crippen LogP contribution in [-0.4, -0.2) is 14.5 Å². The zero-order valence-electron chi connectivity index (χ0n) is 27.0. The van der Waals surface area contributed by atoms with Crippen LogP contribution in [0.15, 0.2) is 176 Å². The molecule has 7 aromatic carbocycles. The molecule has 10 aromatic rings. The molecule has 0 radical (unpaired) electrons. The van der Waals surface area contributed by atoms with Crippen LogP contribution in [-0.2, 0) is 0 Å². The molecular formula is C46H29N3S. The van der Waals surface area contributed by atoms with Crippen LogP contribution in [0.1, 0.15) is 0 Å². The van der Waals surface area contributed by atoms with Crippen LogP contribution in [0.2, 0.25) is 0 Å². The summed E-state index contributed by atoms with van der Waals surface area (Å²) in [4.78, 5) is 10.4. The maximum Gasteiger partial charge on any atom is 0.161 e. The van der Waals surface area contributed by atoms with Crippen molar-refractivity contribution < 1.29 is 0 Å². The highest BCUT2D eigenvalue weighted by Gasteiger charge is 2.20. The van der Waals surface area contributed by atoms with Crippen LogP contribution < -0.4 is 0 Å². The molecule has 0 aliphatic heterocycles. The molecule has 0 bridgehead atoms. The van der Waals surface area contributed by atoms with Gasteiger partial charge < -0.3 is 4.57 Å². The fourth-order valence-electron chi connectivity index (χ4n) is 7.28. The van der Waals surface area contributed by atoms with E-state index >= 15 is 0 Å². The number of para-hydroxylation sites is 1. The number of thiophene rings is 1. The van der Waals surface area contributed by atoms with Crippen molar-refractivity contribution in [1.82, 2.24) is 14.5 Å². The van der Waals surface area contributed by atoms with E-state index in [1.54, 1.807) is 0 Å². The van der Waals surface area contributed by atoms with E-state index in [2.05, 4.69) is 168 Å². The Hall–Kier alpha value is -6.36. The van der Waals surface area contributed by atoms with Gasteiger partial charge in [-0.25, -0.2) is 9.97 Å². The van der Waals surface area contributed by atoms with Gasteiger partial charge in [0, 0.05) is 53.3 Å². The van der Waals surface area contributed by atoms with Crippen molar-refractivity contribution in [2.24, 2.45) is 0 Å². The van der Waals surface area contributed by atoms with Gasteiger partial charge in [0.1, 0.15) is 0 Å². The molecule has 10 rings (SSSR count). The smallest absolute Gasteiger partial charge is 0.161 e. The number of nitrogens with zero attached hydrogens (tertiary/aromatic N) is 3. The number of aromatic nitrogens is 3. The van der Waals surface area contributed by atoms with Crippen molar-refractivity contribution in [3.8, 4) is 50.7 Å². The lowest BCUT2D eigenvalue weighted by molar-refractivity contribution is 1.18. The molecule has 0 unspecified atom stereocenters. The highest BCUT2D eigenvalue weighted by molar-refractivity contribution is 7.27. The summed E-state index contributed by atoms with van der Waals surface area (Å²) in [6.07, 6.45) is 0. The minimum absolute atomic E-state index is 0.734. The summed E-state index contributed by atoms with van der Waals surface area (Å²) in [5.41, 5.74) is 11.0. The van der Waals surface area contributed by atoms with Gasteiger partial charge in [0.05, 0.1) is 22.4 Å². The monoisotopic (exact) mass is 655 g/mol. The average Bonchev–Trinajstić information content (AvgIpc) is 3.74. The number of rotatable bonds is 5. The highest BCUT2D eigenvalue weighted by atomic mass is 32.1. The summed E-state index contributed by atoms with van der Waals surface area (Å²) in [5.74, 6) is 0.734. The lowest BCUT2D eigenvalue weighted by Gasteiger charge is -2.10. The zero-order valence-corrected chi connectivity index (χ0v) is 27.8. The van der Waals surface area contributed by atoms with E-state index in [9.17, 15) is 0 Å². The second-order valence-electron chi connectivity index (χ2n) is 12.6. The molecule has 50 heavy (non-hydrogen) atoms. The predicted octanol–water partition coefficient (Wildman–Crippen LogP) is 12.6. The van der Waals surface area contributed by atoms with E-state index in [0.29, 0.717) is 0 Å². The lowest BCUT2D eigenvalue weighted by atomic mass is 10.0. The number of benzene rings is 7. The molecule has 0 fully saturated rings. The van der Waals surface area contributed by atoms with Gasteiger partial charge in [-0.05, 0) is 47.5 Å². The Labute approximate surface area is 293 Å². The standard InChI is InChI=1S/C46H29N3S/c1-5-14-30(15-6-1)33-24-25-37-42(28-33)49(34-20-11-4-12-21-34)41-27-26-36-35-22-13-23-38(44(35)50-45(36)43(37)41)46-47-39(31-16-7-2-8-17-31)29-40(48-46)32-18-9-3-10-19-32/h1-29H. The normalized spacial score (nSPS) is 11.6. The molecule has 0 aliphatic carbocycles. The Morgan fingerprint density at radius 1 is 0.400 bits per heavy atom. The molecule has 0 saturated carbocycles. The molecular weight excluding hydrogens is 627 g/mol. The fraction of sp³-hybridized carbons (Fsp3) is 0. The summed E-state index contributed by atoms with van der Waals surface area (Å²) in [5, 5.41) is 5.00. The first kappa shape index (κ1) is 28.6. The van der Waals surface area contributed by atoms with Crippen LogP contribution in [0.5, 0.6) is 0 Å². The van der Waals surface area contributed by atoms with E-state index in [1.165, 1.54) is 53.1 Å². The maximum absolute atomic E-state index is 5.21. The lowest BCUT2D eigenvalue weighted by Crippen LogP contribution is -1.96. The Balaban J connectivity index is 1.25. The largest absolute Gasteiger partial charge is 0.309 e. The molecule has 0 aliphatic rings. The van der Waals surface area contributed by atoms with Gasteiger partial charge in [-0.1, -0.05) is 140 Å². The molecule has 234 valence electrons. The molecule has 3 heterocycles. The van der Waals surface area contributed by atoms with Crippen LogP contribution in [0.25, 0.3) is 92.7 Å². The molecule has 0 N–H and O–H groups in total. The first-order chi connectivity index (χ1) is 24.8. The van der Waals surface area contributed by atoms with E-state index in [0.717, 1.165) is 39.6 Å². The molecule has 0 saturated heterocycles. The third kappa shape index (κ3) is 4.65. The first-order valence-electron chi connectivity index (χ1n) is 16.8. The number of hydrogen-bond donors (Lipinski definition) is 0. The summed E-state index contributed by atoms with van der Waals surface area (Å²) in [6.45, 7) is 0. The molecule has 4 heteroatoms. The van der Waals surface area contributed by atoms with Crippen LogP contribution in [0.3, 0.4) is 0 Å². The van der Waals surface area contributed by atoms with Crippen LogP contribution >= 0.6 is 11.3 Å². The maximum atomic E-state index is 5.21. The third-order valence-electron chi connectivity index (χ3n) is 9.62. The fourth-order valence-corrected chi connectivity index (χ4v) is 8.64. The highest BCUT2D eigenvalue weighted by Crippen LogP contribution is 2.46. The van der Waals surface area contributed by atoms with Gasteiger partial charge in [-0.2, -0.15) is 0 Å². The van der Waals surface area contributed by atoms with E-state index in [1.807, 2.05) is 23.5 Å². The average molecular weight is 656 g/mol. The summed E-state index contributed by atoms with van der Waals surface area (Å²) in [7, 11) is 0. The second kappa shape index (κ2) is 11.7. The summed E-state index contributed by atoms with van der Waals surface area (Å²) < 4.78 is 4.89. The minimum Gasteiger partial charge on any atom is -0.309 e. The van der Waals surface area contributed by atoms with Crippen LogP contribution in [0.4, 0.5) is 0 Å². The molecule has 0 spiro atoms. The van der Waals surface area contributed by atoms with Crippen LogP contribution in [0, 0.1) is 0 Å². The van der Waals surface area contributed by atoms with Crippen molar-refractivity contribution in [2.45, 2.75) is 0 Å². The Bertz CT molecular complexity index is 2780. The zero-order chi connectivity index (χ0) is 33.0. The number of hydrogen-bond acceptors (Lipinski definition) is 3. The Kier molecular flexibility index (Phi) is 6.68. The van der Waals surface area contributed by atoms with Crippen molar-refractivity contribution in [3.63, 3.8) is 0 Å². The predicted molar refractivity (Wildman–Crippen MR) is 211 cm³/mol. The molecule has 0 amide bonds. The Morgan fingerprint density at radius 2 is 0.980 bits per heavy atom. The van der Waals surface area contributed by atoms with E-state index in [4.69, 9.17) is 9.97 Å². The van der Waals surface area contributed by atoms with Gasteiger partial charge >= 0.3 is 0 Å². The molecule has 3 nitrogen and oxygen atoms in total. The van der Waals surface area contributed by atoms with Gasteiger partial charge in [0.15, 0.2) is 5.82 Å². The number of fused-ring (bicyclic) bond motifs is 7. The first-order valence-corrected chi connectivity index (χ1v) is 17.7. The second-order valence-corrected chi connectivity index (χ2v) is 13.6. The van der Waals surface area contributed by atoms with Gasteiger partial charge in [-0.3, -0.25) is 0 Å². The van der Waals surface area contributed by atoms with Gasteiger partial charge in [-0.15, -0.1) is 11.3 Å². The molecule has 3 aromatic heterocycles. The van der Waals surface area contributed by atoms with E-state index < -0.39 is 0 Å². The van der Waals surface area contributed by atoms with Crippen molar-refractivity contribution >= 4 is 53.3 Å². The van der Waals surface area contributed by atoms with E-state index in [-0.39, 0.29) is 0 Å². The summed E-state index contributed by atoms with van der Waals surface area (Å²) in [6, 6.07) is 62.3. The minimum atomic E-state index is 0.734. The van der Waals surface area contributed by atoms with Gasteiger partial charge in [0.25, 0.3) is 0 Å². The van der Waals surface area contributed by atoms with Crippen molar-refractivity contribution in [3.05, 3.63) is 176 Å². The Morgan fingerprint density at radius 3 is 1.64 bits per heavy atom. The third-order valence-corrected chi connectivity index (χ3v) is 10.9. The quantitative estimate of drug-likeness (QED) is 0.185. The van der Waals surface area contributed by atoms with Crippen molar-refractivity contribution in [1.29, 1.82) is 0 Å². The topological polar surface area (TPSA) is 30.7 Å².